The molecule has 0 aliphatic heterocycles. The summed E-state index contributed by atoms with van der Waals surface area (Å²) >= 11 is 0. The lowest BCUT2D eigenvalue weighted by molar-refractivity contribution is 0.0601. The van der Waals surface area contributed by atoms with Gasteiger partial charge in [0.15, 0.2) is 0 Å². The zero-order chi connectivity index (χ0) is 10.8. The number of ether oxygens (including phenoxy) is 1. The number of fused-ring (bicyclic) bond motifs is 1. The number of aromatic amines is 1. The average molecular weight is 202 g/mol. The van der Waals surface area contributed by atoms with Crippen LogP contribution in [-0.4, -0.2) is 23.0 Å². The van der Waals surface area contributed by atoms with Crippen LogP contribution in [0.3, 0.4) is 0 Å². The first kappa shape index (κ1) is 9.45. The number of H-pyrrole nitrogens is 1. The van der Waals surface area contributed by atoms with Gasteiger partial charge in [0, 0.05) is 5.56 Å². The summed E-state index contributed by atoms with van der Waals surface area (Å²) in [5.41, 5.74) is 2.91. The number of nitrogens with one attached hydrogen (secondary N) is 1. The van der Waals surface area contributed by atoms with E-state index in [2.05, 4.69) is 21.3 Å². The Morgan fingerprint density at radius 3 is 3.07 bits per heavy atom. The summed E-state index contributed by atoms with van der Waals surface area (Å²) in [5.74, 6) is -0.366. The smallest absolute Gasteiger partial charge is 0.337 e. The second kappa shape index (κ2) is 3.57. The van der Waals surface area contributed by atoms with Gasteiger partial charge in [-0.15, -0.1) is 0 Å². The second-order valence-corrected chi connectivity index (χ2v) is 3.06. The molecular weight excluding hydrogens is 192 g/mol. The number of esters is 1. The molecule has 1 aromatic heterocycles. The first-order valence-electron chi connectivity index (χ1n) is 4.44. The van der Waals surface area contributed by atoms with E-state index in [0.29, 0.717) is 5.56 Å². The van der Waals surface area contributed by atoms with Gasteiger partial charge in [-0.25, -0.2) is 9.78 Å². The Morgan fingerprint density at radius 1 is 1.60 bits per heavy atom. The molecule has 0 unspecified atom stereocenters. The number of hydrogen-bond donors (Lipinski definition) is 1. The summed E-state index contributed by atoms with van der Waals surface area (Å²) in [7, 11) is 1.35. The molecule has 2 rings (SSSR count). The summed E-state index contributed by atoms with van der Waals surface area (Å²) in [4.78, 5) is 18.4. The van der Waals surface area contributed by atoms with Gasteiger partial charge in [0.05, 0.1) is 30.0 Å². The normalized spacial score (nSPS) is 10.2. The largest absolute Gasteiger partial charge is 0.465 e. The highest BCUT2D eigenvalue weighted by molar-refractivity contribution is 5.96. The molecule has 0 bridgehead atoms. The first-order chi connectivity index (χ1) is 7.26. The Balaban J connectivity index is 2.68. The van der Waals surface area contributed by atoms with Gasteiger partial charge in [-0.05, 0) is 12.1 Å². The molecule has 4 heteroatoms. The van der Waals surface area contributed by atoms with Crippen LogP contribution in [0.4, 0.5) is 0 Å². The maximum absolute atomic E-state index is 11.4. The molecule has 0 aliphatic rings. The highest BCUT2D eigenvalue weighted by Crippen LogP contribution is 2.19. The summed E-state index contributed by atoms with van der Waals surface area (Å²) in [6, 6.07) is 3.42. The van der Waals surface area contributed by atoms with Crippen LogP contribution in [0.25, 0.3) is 17.1 Å². The molecule has 0 amide bonds. The highest BCUT2D eigenvalue weighted by atomic mass is 16.5. The van der Waals surface area contributed by atoms with Crippen LogP contribution in [-0.2, 0) is 4.74 Å². The van der Waals surface area contributed by atoms with E-state index in [1.54, 1.807) is 24.5 Å². The quantitative estimate of drug-likeness (QED) is 0.757. The lowest BCUT2D eigenvalue weighted by Crippen LogP contribution is -2.01. The molecule has 0 saturated carbocycles. The minimum atomic E-state index is -0.366. The van der Waals surface area contributed by atoms with E-state index in [9.17, 15) is 4.79 Å². The zero-order valence-corrected chi connectivity index (χ0v) is 8.28. The highest BCUT2D eigenvalue weighted by Gasteiger charge is 2.10. The van der Waals surface area contributed by atoms with Crippen LogP contribution < -0.4 is 0 Å². The molecule has 1 aromatic carbocycles. The summed E-state index contributed by atoms with van der Waals surface area (Å²) in [6.07, 6.45) is 3.24. The fourth-order valence-corrected chi connectivity index (χ4v) is 1.47. The van der Waals surface area contributed by atoms with Gasteiger partial charge in [0.2, 0.25) is 0 Å². The van der Waals surface area contributed by atoms with Gasteiger partial charge in [0.25, 0.3) is 0 Å². The molecule has 0 atom stereocenters. The Morgan fingerprint density at radius 2 is 2.40 bits per heavy atom. The maximum Gasteiger partial charge on any atom is 0.337 e. The van der Waals surface area contributed by atoms with Crippen LogP contribution >= 0.6 is 0 Å². The Bertz CT molecular complexity index is 528. The minimum absolute atomic E-state index is 0.366. The summed E-state index contributed by atoms with van der Waals surface area (Å²) < 4.78 is 4.65. The van der Waals surface area contributed by atoms with Crippen molar-refractivity contribution in [1.29, 1.82) is 0 Å². The van der Waals surface area contributed by atoms with Crippen molar-refractivity contribution in [1.82, 2.24) is 9.97 Å². The molecule has 0 aliphatic carbocycles. The number of nitrogens with zero attached hydrogens (tertiary/aromatic N) is 1. The van der Waals surface area contributed by atoms with E-state index in [1.165, 1.54) is 7.11 Å². The van der Waals surface area contributed by atoms with Crippen molar-refractivity contribution in [3.63, 3.8) is 0 Å². The van der Waals surface area contributed by atoms with Gasteiger partial charge in [-0.1, -0.05) is 12.7 Å². The van der Waals surface area contributed by atoms with Crippen molar-refractivity contribution in [2.75, 3.05) is 7.11 Å². The average Bonchev–Trinajstić information content (AvgIpc) is 2.74. The van der Waals surface area contributed by atoms with E-state index in [-0.39, 0.29) is 5.97 Å². The number of aromatic nitrogens is 2. The van der Waals surface area contributed by atoms with Crippen molar-refractivity contribution >= 4 is 23.1 Å². The SMILES string of the molecule is C=Cc1cc(C(=O)OC)cc2[nH]cnc12. The molecule has 76 valence electrons. The number of imidazole rings is 1. The number of carbonyl (C=O) groups is 1. The third kappa shape index (κ3) is 1.50. The maximum atomic E-state index is 11.4. The monoisotopic (exact) mass is 202 g/mol. The number of methoxy groups -OCH3 is 1. The van der Waals surface area contributed by atoms with Crippen LogP contribution in [0.2, 0.25) is 0 Å². The molecule has 0 spiro atoms. The zero-order valence-electron chi connectivity index (χ0n) is 8.28. The molecule has 0 fully saturated rings. The fraction of sp³-hybridized carbons (Fsp3) is 0.0909. The van der Waals surface area contributed by atoms with Gasteiger partial charge in [-0.3, -0.25) is 0 Å². The Hall–Kier alpha value is -2.10. The van der Waals surface area contributed by atoms with Crippen molar-refractivity contribution in [3.8, 4) is 0 Å². The predicted octanol–water partition coefficient (Wildman–Crippen LogP) is 1.99. The van der Waals surface area contributed by atoms with Crippen LogP contribution in [0.5, 0.6) is 0 Å². The van der Waals surface area contributed by atoms with Crippen molar-refractivity contribution in [3.05, 3.63) is 36.2 Å². The minimum Gasteiger partial charge on any atom is -0.465 e. The number of hydrogen-bond acceptors (Lipinski definition) is 3. The molecule has 0 saturated heterocycles. The van der Waals surface area contributed by atoms with Gasteiger partial charge < -0.3 is 9.72 Å². The topological polar surface area (TPSA) is 55.0 Å². The van der Waals surface area contributed by atoms with Crippen molar-refractivity contribution in [2.45, 2.75) is 0 Å². The standard InChI is InChI=1S/C11H10N2O2/c1-3-7-4-8(11(14)15-2)5-9-10(7)13-6-12-9/h3-6H,1H2,2H3,(H,12,13). The van der Waals surface area contributed by atoms with E-state index >= 15 is 0 Å². The number of rotatable bonds is 2. The molecule has 2 aromatic rings. The van der Waals surface area contributed by atoms with E-state index in [0.717, 1.165) is 16.6 Å². The number of benzene rings is 1. The molecule has 1 N–H and O–H groups in total. The van der Waals surface area contributed by atoms with Crippen molar-refractivity contribution < 1.29 is 9.53 Å². The molecule has 4 nitrogen and oxygen atoms in total. The predicted molar refractivity (Wildman–Crippen MR) is 57.5 cm³/mol. The van der Waals surface area contributed by atoms with E-state index in [4.69, 9.17) is 0 Å². The van der Waals surface area contributed by atoms with E-state index in [1.807, 2.05) is 0 Å². The molecule has 0 radical (unpaired) electrons. The van der Waals surface area contributed by atoms with Gasteiger partial charge in [0.1, 0.15) is 0 Å². The number of carbonyl (C=O) groups excluding carboxylic acids is 1. The molecule has 15 heavy (non-hydrogen) atoms. The van der Waals surface area contributed by atoms with Crippen LogP contribution in [0, 0.1) is 0 Å². The van der Waals surface area contributed by atoms with Crippen LogP contribution in [0.1, 0.15) is 15.9 Å². The third-order valence-corrected chi connectivity index (χ3v) is 2.19. The Labute approximate surface area is 86.6 Å². The first-order valence-corrected chi connectivity index (χ1v) is 4.44. The van der Waals surface area contributed by atoms with Crippen molar-refractivity contribution in [2.24, 2.45) is 0 Å². The van der Waals surface area contributed by atoms with Gasteiger partial charge >= 0.3 is 5.97 Å². The van der Waals surface area contributed by atoms with Gasteiger partial charge in [-0.2, -0.15) is 0 Å². The summed E-state index contributed by atoms with van der Waals surface area (Å²) in [6.45, 7) is 3.68. The van der Waals surface area contributed by atoms with Crippen LogP contribution in [0.15, 0.2) is 25.0 Å². The molecule has 1 heterocycles. The lowest BCUT2D eigenvalue weighted by Gasteiger charge is -2.01. The second-order valence-electron chi connectivity index (χ2n) is 3.06. The Kier molecular flexibility index (Phi) is 2.25. The molecular formula is C11H10N2O2. The third-order valence-electron chi connectivity index (χ3n) is 2.19. The van der Waals surface area contributed by atoms with E-state index < -0.39 is 0 Å². The lowest BCUT2D eigenvalue weighted by atomic mass is 10.1. The summed E-state index contributed by atoms with van der Waals surface area (Å²) in [5, 5.41) is 0. The fourth-order valence-electron chi connectivity index (χ4n) is 1.47.